The normalized spacial score (nSPS) is 11.7. The van der Waals surface area contributed by atoms with Gasteiger partial charge in [-0.3, -0.25) is 4.79 Å². The van der Waals surface area contributed by atoms with Crippen LogP contribution in [0, 0.1) is 0 Å². The Bertz CT molecular complexity index is 1250. The van der Waals surface area contributed by atoms with Crippen molar-refractivity contribution in [2.75, 3.05) is 0 Å². The molecule has 0 aliphatic carbocycles. The van der Waals surface area contributed by atoms with Crippen LogP contribution in [0.5, 0.6) is 0 Å². The van der Waals surface area contributed by atoms with Crippen molar-refractivity contribution in [2.24, 2.45) is 0 Å². The lowest BCUT2D eigenvalue weighted by atomic mass is 10.2. The Hall–Kier alpha value is -2.64. The van der Waals surface area contributed by atoms with Crippen molar-refractivity contribution >= 4 is 55.4 Å². The van der Waals surface area contributed by atoms with Crippen LogP contribution in [0.3, 0.4) is 0 Å². The van der Waals surface area contributed by atoms with E-state index in [1.54, 1.807) is 23.1 Å². The van der Waals surface area contributed by atoms with Gasteiger partial charge in [-0.1, -0.05) is 36.0 Å². The first kappa shape index (κ1) is 14.7. The summed E-state index contributed by atoms with van der Waals surface area (Å²) in [5.41, 5.74) is 2.30. The zero-order valence-corrected chi connectivity index (χ0v) is 14.5. The molecule has 5 aromatic rings. The number of fused-ring (bicyclic) bond motifs is 4. The molecule has 0 saturated heterocycles. The maximum Gasteiger partial charge on any atom is 0.294 e. The van der Waals surface area contributed by atoms with Crippen LogP contribution in [0.2, 0.25) is 0 Å². The number of para-hydroxylation sites is 2. The second kappa shape index (κ2) is 5.72. The summed E-state index contributed by atoms with van der Waals surface area (Å²) >= 11 is 3.21. The van der Waals surface area contributed by atoms with Crippen molar-refractivity contribution in [3.05, 3.63) is 64.7 Å². The third kappa shape index (κ3) is 2.52. The van der Waals surface area contributed by atoms with Crippen molar-refractivity contribution in [1.29, 1.82) is 0 Å². The van der Waals surface area contributed by atoms with E-state index in [4.69, 9.17) is 4.42 Å². The predicted molar refractivity (Wildman–Crippen MR) is 101 cm³/mol. The number of nitrogens with one attached hydrogen (secondary N) is 1. The minimum Gasteiger partial charge on any atom is -0.449 e. The van der Waals surface area contributed by atoms with Gasteiger partial charge in [0.2, 0.25) is 5.58 Å². The van der Waals surface area contributed by atoms with E-state index in [2.05, 4.69) is 21.0 Å². The summed E-state index contributed by atoms with van der Waals surface area (Å²) in [4.78, 5) is 24.3. The molecule has 1 N–H and O–H groups in total. The first-order valence-corrected chi connectivity index (χ1v) is 9.47. The van der Waals surface area contributed by atoms with Crippen LogP contribution in [0.15, 0.2) is 62.1 Å². The SMILES string of the molecule is O=c1[nH]c(CSc2nc3ccccc3s2)nc2c1oc1ccccc12. The van der Waals surface area contributed by atoms with E-state index < -0.39 is 0 Å². The van der Waals surface area contributed by atoms with E-state index in [9.17, 15) is 4.79 Å². The Morgan fingerprint density at radius 1 is 1.08 bits per heavy atom. The van der Waals surface area contributed by atoms with E-state index in [1.807, 2.05) is 42.5 Å². The molecule has 0 aliphatic heterocycles. The fraction of sp³-hybridized carbons (Fsp3) is 0.0556. The molecule has 7 heteroatoms. The molecule has 0 spiro atoms. The Labute approximate surface area is 149 Å². The number of hydrogen-bond acceptors (Lipinski definition) is 6. The lowest BCUT2D eigenvalue weighted by Crippen LogP contribution is -2.10. The largest absolute Gasteiger partial charge is 0.449 e. The maximum absolute atomic E-state index is 12.3. The van der Waals surface area contributed by atoms with Gasteiger partial charge in [-0.2, -0.15) is 0 Å². The molecule has 3 aromatic heterocycles. The van der Waals surface area contributed by atoms with Gasteiger partial charge in [0.15, 0.2) is 4.34 Å². The first-order valence-electron chi connectivity index (χ1n) is 7.67. The number of benzene rings is 2. The monoisotopic (exact) mass is 365 g/mol. The van der Waals surface area contributed by atoms with Crippen molar-refractivity contribution in [3.8, 4) is 0 Å². The average Bonchev–Trinajstić information content (AvgIpc) is 3.21. The molecule has 0 aliphatic rings. The summed E-state index contributed by atoms with van der Waals surface area (Å²) in [6, 6.07) is 15.6. The second-order valence-corrected chi connectivity index (χ2v) is 7.78. The van der Waals surface area contributed by atoms with Crippen molar-refractivity contribution in [1.82, 2.24) is 15.0 Å². The molecule has 25 heavy (non-hydrogen) atoms. The van der Waals surface area contributed by atoms with Gasteiger partial charge in [-0.15, -0.1) is 11.3 Å². The first-order chi connectivity index (χ1) is 12.3. The number of aromatic nitrogens is 3. The molecule has 5 rings (SSSR count). The van der Waals surface area contributed by atoms with E-state index in [-0.39, 0.29) is 11.1 Å². The van der Waals surface area contributed by atoms with Crippen LogP contribution in [-0.2, 0) is 5.75 Å². The van der Waals surface area contributed by atoms with Crippen LogP contribution in [0.25, 0.3) is 32.3 Å². The summed E-state index contributed by atoms with van der Waals surface area (Å²) in [5, 5.41) is 0.856. The highest BCUT2D eigenvalue weighted by atomic mass is 32.2. The summed E-state index contributed by atoms with van der Waals surface area (Å²) in [6.07, 6.45) is 0. The quantitative estimate of drug-likeness (QED) is 0.474. The van der Waals surface area contributed by atoms with Gasteiger partial charge in [0.05, 0.1) is 16.0 Å². The van der Waals surface area contributed by atoms with E-state index in [1.165, 1.54) is 0 Å². The summed E-state index contributed by atoms with van der Waals surface area (Å²) < 4.78 is 7.73. The molecule has 3 heterocycles. The van der Waals surface area contributed by atoms with Gasteiger partial charge in [0.1, 0.15) is 16.9 Å². The van der Waals surface area contributed by atoms with Gasteiger partial charge < -0.3 is 9.40 Å². The highest BCUT2D eigenvalue weighted by Crippen LogP contribution is 2.31. The number of H-pyrrole nitrogens is 1. The van der Waals surface area contributed by atoms with Gasteiger partial charge in [-0.25, -0.2) is 9.97 Å². The predicted octanol–water partition coefficient (Wildman–Crippen LogP) is 4.57. The average molecular weight is 365 g/mol. The number of nitrogens with zero attached hydrogens (tertiary/aromatic N) is 2. The highest BCUT2D eigenvalue weighted by molar-refractivity contribution is 8.00. The van der Waals surface area contributed by atoms with E-state index in [0.717, 1.165) is 19.9 Å². The minimum absolute atomic E-state index is 0.249. The van der Waals surface area contributed by atoms with Crippen LogP contribution in [0.1, 0.15) is 5.82 Å². The Morgan fingerprint density at radius 3 is 2.84 bits per heavy atom. The molecule has 0 radical (unpaired) electrons. The molecule has 5 nitrogen and oxygen atoms in total. The van der Waals surface area contributed by atoms with Gasteiger partial charge in [0, 0.05) is 5.39 Å². The number of thioether (sulfide) groups is 1. The molecule has 0 bridgehead atoms. The Morgan fingerprint density at radius 2 is 1.92 bits per heavy atom. The zero-order chi connectivity index (χ0) is 16.8. The molecule has 2 aromatic carbocycles. The van der Waals surface area contributed by atoms with Crippen LogP contribution >= 0.6 is 23.1 Å². The van der Waals surface area contributed by atoms with Gasteiger partial charge in [-0.05, 0) is 24.3 Å². The van der Waals surface area contributed by atoms with Crippen LogP contribution in [0.4, 0.5) is 0 Å². The molecule has 0 unspecified atom stereocenters. The maximum atomic E-state index is 12.3. The Balaban J connectivity index is 1.52. The van der Waals surface area contributed by atoms with Crippen molar-refractivity contribution in [3.63, 3.8) is 0 Å². The molecule has 0 saturated carbocycles. The second-order valence-electron chi connectivity index (χ2n) is 5.52. The fourth-order valence-corrected chi connectivity index (χ4v) is 4.70. The van der Waals surface area contributed by atoms with Crippen molar-refractivity contribution < 1.29 is 4.42 Å². The topological polar surface area (TPSA) is 71.8 Å². The van der Waals surface area contributed by atoms with E-state index >= 15 is 0 Å². The number of thiazole rings is 1. The zero-order valence-electron chi connectivity index (χ0n) is 12.9. The smallest absolute Gasteiger partial charge is 0.294 e. The third-order valence-electron chi connectivity index (χ3n) is 3.89. The summed E-state index contributed by atoms with van der Waals surface area (Å²) in [5.74, 6) is 1.16. The molecule has 0 atom stereocenters. The molecular formula is C18H11N3O2S2. The van der Waals surface area contributed by atoms with E-state index in [0.29, 0.717) is 22.7 Å². The number of rotatable bonds is 3. The number of hydrogen-bond donors (Lipinski definition) is 1. The van der Waals surface area contributed by atoms with Crippen LogP contribution < -0.4 is 5.56 Å². The third-order valence-corrected chi connectivity index (χ3v) is 6.08. The molecular weight excluding hydrogens is 354 g/mol. The standard InChI is InChI=1S/C18H11N3O2S2/c22-17-16-15(10-5-1-3-7-12(10)23-16)20-14(21-17)9-24-18-19-11-6-2-4-8-13(11)25-18/h1-8H,9H2,(H,20,21,22). The fourth-order valence-electron chi connectivity index (χ4n) is 2.76. The molecule has 122 valence electrons. The lowest BCUT2D eigenvalue weighted by molar-refractivity contribution is 0.660. The van der Waals surface area contributed by atoms with Crippen molar-refractivity contribution in [2.45, 2.75) is 10.1 Å². The lowest BCUT2D eigenvalue weighted by Gasteiger charge is -1.98. The van der Waals surface area contributed by atoms with Gasteiger partial charge in [0.25, 0.3) is 5.56 Å². The van der Waals surface area contributed by atoms with Crippen LogP contribution in [-0.4, -0.2) is 15.0 Å². The highest BCUT2D eigenvalue weighted by Gasteiger charge is 2.13. The minimum atomic E-state index is -0.249. The molecule has 0 fully saturated rings. The molecule has 0 amide bonds. The summed E-state index contributed by atoms with van der Waals surface area (Å²) in [7, 11) is 0. The number of furan rings is 1. The number of aromatic amines is 1. The Kier molecular flexibility index (Phi) is 3.36. The van der Waals surface area contributed by atoms with Gasteiger partial charge >= 0.3 is 0 Å². The summed E-state index contributed by atoms with van der Waals surface area (Å²) in [6.45, 7) is 0.